The van der Waals surface area contributed by atoms with E-state index < -0.39 is 0 Å². The highest BCUT2D eigenvalue weighted by Gasteiger charge is 2.50. The SMILES string of the molecule is CN1C2CC[C@@H]1C[C@H](C1CCC(Cl)CC1)[C@@H]2C(=O)NCCN. The number of hydrogen-bond donors (Lipinski definition) is 2. The number of piperidine rings is 1. The van der Waals surface area contributed by atoms with Crippen molar-refractivity contribution in [3.63, 3.8) is 0 Å². The first-order valence-electron chi connectivity index (χ1n) is 8.95. The number of nitrogens with one attached hydrogen (secondary N) is 1. The van der Waals surface area contributed by atoms with Crippen LogP contribution in [0.2, 0.25) is 0 Å². The smallest absolute Gasteiger partial charge is 0.225 e. The second kappa shape index (κ2) is 7.06. The Morgan fingerprint density at radius 2 is 1.95 bits per heavy atom. The van der Waals surface area contributed by atoms with E-state index in [0.29, 0.717) is 42.4 Å². The van der Waals surface area contributed by atoms with Crippen molar-refractivity contribution in [3.8, 4) is 0 Å². The molecule has 2 heterocycles. The van der Waals surface area contributed by atoms with Crippen molar-refractivity contribution in [2.24, 2.45) is 23.5 Å². The Morgan fingerprint density at radius 1 is 1.23 bits per heavy atom. The van der Waals surface area contributed by atoms with Gasteiger partial charge in [0.1, 0.15) is 0 Å². The summed E-state index contributed by atoms with van der Waals surface area (Å²) in [4.78, 5) is 15.3. The fraction of sp³-hybridized carbons (Fsp3) is 0.941. The van der Waals surface area contributed by atoms with Gasteiger partial charge in [0.15, 0.2) is 0 Å². The minimum atomic E-state index is 0.146. The average Bonchev–Trinajstić information content (AvgIpc) is 2.75. The lowest BCUT2D eigenvalue weighted by molar-refractivity contribution is -0.132. The van der Waals surface area contributed by atoms with Crippen LogP contribution in [0.5, 0.6) is 0 Å². The van der Waals surface area contributed by atoms with Gasteiger partial charge in [-0.1, -0.05) is 0 Å². The molecule has 3 N–H and O–H groups in total. The summed E-state index contributed by atoms with van der Waals surface area (Å²) in [5.74, 6) is 1.60. The highest BCUT2D eigenvalue weighted by molar-refractivity contribution is 6.20. The second-order valence-electron chi connectivity index (χ2n) is 7.48. The molecule has 0 aromatic rings. The molecule has 2 aliphatic heterocycles. The minimum absolute atomic E-state index is 0.146. The monoisotopic (exact) mass is 327 g/mol. The number of carbonyl (C=O) groups is 1. The van der Waals surface area contributed by atoms with Crippen LogP contribution in [-0.4, -0.2) is 48.4 Å². The molecule has 0 aromatic heterocycles. The molecular formula is C17H30ClN3O. The molecule has 0 radical (unpaired) electrons. The summed E-state index contributed by atoms with van der Waals surface area (Å²) in [6.45, 7) is 1.11. The van der Waals surface area contributed by atoms with Gasteiger partial charge in [-0.3, -0.25) is 9.69 Å². The van der Waals surface area contributed by atoms with E-state index in [4.69, 9.17) is 17.3 Å². The van der Waals surface area contributed by atoms with Crippen molar-refractivity contribution in [1.29, 1.82) is 0 Å². The first-order chi connectivity index (χ1) is 10.6. The van der Waals surface area contributed by atoms with Crippen molar-refractivity contribution < 1.29 is 4.79 Å². The van der Waals surface area contributed by atoms with E-state index in [9.17, 15) is 4.79 Å². The molecule has 1 saturated carbocycles. The third-order valence-corrected chi connectivity index (χ3v) is 6.80. The number of rotatable bonds is 4. The predicted molar refractivity (Wildman–Crippen MR) is 89.8 cm³/mol. The Balaban J connectivity index is 1.75. The zero-order valence-electron chi connectivity index (χ0n) is 13.6. The lowest BCUT2D eigenvalue weighted by atomic mass is 9.68. The summed E-state index contributed by atoms with van der Waals surface area (Å²) in [7, 11) is 2.21. The molecule has 1 unspecified atom stereocenters. The van der Waals surface area contributed by atoms with Crippen LogP contribution in [0.3, 0.4) is 0 Å². The quantitative estimate of drug-likeness (QED) is 0.776. The van der Waals surface area contributed by atoms with Crippen LogP contribution >= 0.6 is 11.6 Å². The average molecular weight is 328 g/mol. The van der Waals surface area contributed by atoms with E-state index in [0.717, 1.165) is 12.8 Å². The molecule has 0 spiro atoms. The van der Waals surface area contributed by atoms with Gasteiger partial charge in [0.2, 0.25) is 5.91 Å². The molecule has 22 heavy (non-hydrogen) atoms. The molecule has 0 aromatic carbocycles. The van der Waals surface area contributed by atoms with Crippen molar-refractivity contribution in [2.75, 3.05) is 20.1 Å². The highest BCUT2D eigenvalue weighted by atomic mass is 35.5. The lowest BCUT2D eigenvalue weighted by Crippen LogP contribution is -2.54. The molecule has 126 valence electrons. The van der Waals surface area contributed by atoms with Crippen LogP contribution in [0.25, 0.3) is 0 Å². The van der Waals surface area contributed by atoms with Crippen molar-refractivity contribution in [2.45, 2.75) is 62.4 Å². The van der Waals surface area contributed by atoms with Gasteiger partial charge in [-0.15, -0.1) is 11.6 Å². The lowest BCUT2D eigenvalue weighted by Gasteiger charge is -2.46. The number of halogens is 1. The summed E-state index contributed by atoms with van der Waals surface area (Å²) in [5.41, 5.74) is 5.56. The second-order valence-corrected chi connectivity index (χ2v) is 8.10. The Kier molecular flexibility index (Phi) is 5.31. The Labute approximate surface area is 139 Å². The standard InChI is InChI=1S/C17H30ClN3O/c1-21-13-6-7-15(21)16(17(22)20-9-8-19)14(10-13)11-2-4-12(18)5-3-11/h11-16H,2-10,19H2,1H3,(H,20,22)/t11?,12?,13-,14-,15?,16+/m1/s1. The summed E-state index contributed by atoms with van der Waals surface area (Å²) in [5, 5.41) is 3.42. The van der Waals surface area contributed by atoms with Crippen molar-refractivity contribution in [3.05, 3.63) is 0 Å². The number of nitrogens with zero attached hydrogens (tertiary/aromatic N) is 1. The van der Waals surface area contributed by atoms with Crippen molar-refractivity contribution >= 4 is 17.5 Å². The van der Waals surface area contributed by atoms with Crippen LogP contribution in [-0.2, 0) is 4.79 Å². The van der Waals surface area contributed by atoms with Gasteiger partial charge in [0, 0.05) is 30.6 Å². The van der Waals surface area contributed by atoms with Gasteiger partial charge >= 0.3 is 0 Å². The number of carbonyl (C=O) groups excluding carboxylic acids is 1. The molecule has 1 amide bonds. The molecule has 1 aliphatic carbocycles. The third-order valence-electron chi connectivity index (χ3n) is 6.37. The fourth-order valence-corrected chi connectivity index (χ4v) is 5.43. The van der Waals surface area contributed by atoms with E-state index in [1.807, 2.05) is 0 Å². The maximum atomic E-state index is 12.8. The molecule has 4 atom stereocenters. The molecule has 2 bridgehead atoms. The molecule has 3 aliphatic rings. The summed E-state index contributed by atoms with van der Waals surface area (Å²) >= 11 is 6.28. The Bertz CT molecular complexity index is 397. The molecule has 3 rings (SSSR count). The van der Waals surface area contributed by atoms with Crippen LogP contribution in [0.4, 0.5) is 0 Å². The first kappa shape index (κ1) is 16.5. The van der Waals surface area contributed by atoms with Crippen LogP contribution in [0.15, 0.2) is 0 Å². The highest BCUT2D eigenvalue weighted by Crippen LogP contribution is 2.48. The van der Waals surface area contributed by atoms with Gasteiger partial charge in [-0.25, -0.2) is 0 Å². The van der Waals surface area contributed by atoms with Crippen LogP contribution in [0, 0.1) is 17.8 Å². The summed E-state index contributed by atoms with van der Waals surface area (Å²) in [6, 6.07) is 1.11. The largest absolute Gasteiger partial charge is 0.355 e. The Morgan fingerprint density at radius 3 is 2.64 bits per heavy atom. The van der Waals surface area contributed by atoms with Gasteiger partial charge in [0.25, 0.3) is 0 Å². The number of hydrogen-bond acceptors (Lipinski definition) is 3. The van der Waals surface area contributed by atoms with Gasteiger partial charge < -0.3 is 11.1 Å². The maximum Gasteiger partial charge on any atom is 0.225 e. The summed E-state index contributed by atoms with van der Waals surface area (Å²) < 4.78 is 0. The van der Waals surface area contributed by atoms with E-state index in [1.165, 1.54) is 32.1 Å². The topological polar surface area (TPSA) is 58.4 Å². The minimum Gasteiger partial charge on any atom is -0.355 e. The number of alkyl halides is 1. The molecule has 3 fully saturated rings. The van der Waals surface area contributed by atoms with Gasteiger partial charge in [-0.2, -0.15) is 0 Å². The van der Waals surface area contributed by atoms with E-state index in [-0.39, 0.29) is 11.8 Å². The molecule has 5 heteroatoms. The van der Waals surface area contributed by atoms with Crippen LogP contribution in [0.1, 0.15) is 44.9 Å². The number of fused-ring (bicyclic) bond motifs is 2. The predicted octanol–water partition coefficient (Wildman–Crippen LogP) is 1.96. The fourth-order valence-electron chi connectivity index (χ4n) is 5.18. The first-order valence-corrected chi connectivity index (χ1v) is 9.39. The van der Waals surface area contributed by atoms with E-state index in [1.54, 1.807) is 0 Å². The van der Waals surface area contributed by atoms with Gasteiger partial charge in [-0.05, 0) is 63.8 Å². The molecular weight excluding hydrogens is 298 g/mol. The molecule has 4 nitrogen and oxygen atoms in total. The van der Waals surface area contributed by atoms with Crippen molar-refractivity contribution in [1.82, 2.24) is 10.2 Å². The zero-order chi connectivity index (χ0) is 15.7. The van der Waals surface area contributed by atoms with Gasteiger partial charge in [0.05, 0.1) is 5.92 Å². The number of nitrogens with two attached hydrogens (primary N) is 1. The maximum absolute atomic E-state index is 12.8. The van der Waals surface area contributed by atoms with E-state index in [2.05, 4.69) is 17.3 Å². The van der Waals surface area contributed by atoms with E-state index >= 15 is 0 Å². The normalized spacial score (nSPS) is 42.3. The Hall–Kier alpha value is -0.320. The molecule has 2 saturated heterocycles. The van der Waals surface area contributed by atoms with Crippen LogP contribution < -0.4 is 11.1 Å². The third kappa shape index (κ3) is 3.15. The zero-order valence-corrected chi connectivity index (χ0v) is 14.4. The summed E-state index contributed by atoms with van der Waals surface area (Å²) in [6.07, 6.45) is 8.24. The number of amides is 1.